The summed E-state index contributed by atoms with van der Waals surface area (Å²) in [5, 5.41) is 11.9. The third-order valence-electron chi connectivity index (χ3n) is 2.83. The van der Waals surface area contributed by atoms with Crippen LogP contribution in [-0.4, -0.2) is 23.2 Å². The summed E-state index contributed by atoms with van der Waals surface area (Å²) in [5.41, 5.74) is 0.257. The Morgan fingerprint density at radius 2 is 2.16 bits per heavy atom. The van der Waals surface area contributed by atoms with Crippen molar-refractivity contribution in [3.8, 4) is 0 Å². The summed E-state index contributed by atoms with van der Waals surface area (Å²) >= 11 is 3.12. The normalized spacial score (nSPS) is 13.2. The van der Waals surface area contributed by atoms with Crippen molar-refractivity contribution in [1.82, 2.24) is 5.32 Å². The van der Waals surface area contributed by atoms with Gasteiger partial charge < -0.3 is 10.4 Å². The minimum atomic E-state index is -0.630. The molecule has 19 heavy (non-hydrogen) atoms. The summed E-state index contributed by atoms with van der Waals surface area (Å²) in [5.74, 6) is -0.690. The largest absolute Gasteiger partial charge is 0.394 e. The Morgan fingerprint density at radius 3 is 2.68 bits per heavy atom. The maximum atomic E-state index is 13.1. The van der Waals surface area contributed by atoms with Gasteiger partial charge in [-0.1, -0.05) is 13.0 Å². The maximum Gasteiger partial charge on any atom is 0.223 e. The van der Waals surface area contributed by atoms with Crippen molar-refractivity contribution in [2.75, 3.05) is 6.61 Å². The highest BCUT2D eigenvalue weighted by atomic mass is 79.9. The lowest BCUT2D eigenvalue weighted by atomic mass is 9.98. The van der Waals surface area contributed by atoms with Gasteiger partial charge in [0.1, 0.15) is 5.82 Å². The van der Waals surface area contributed by atoms with E-state index in [-0.39, 0.29) is 24.2 Å². The topological polar surface area (TPSA) is 49.3 Å². The first-order valence-electron chi connectivity index (χ1n) is 6.12. The molecule has 106 valence electrons. The standard InChI is InChI=1S/C14H19BrFNO2/c1-9(13(19)17-14(2,3)8-18)6-10-4-5-12(16)11(15)7-10/h4-5,7,9,18H,6,8H2,1-3H3,(H,17,19). The molecule has 0 fully saturated rings. The molecule has 1 atom stereocenters. The van der Waals surface area contributed by atoms with E-state index in [1.807, 2.05) is 0 Å². The Bertz CT molecular complexity index is 463. The van der Waals surface area contributed by atoms with Gasteiger partial charge in [-0.3, -0.25) is 4.79 Å². The van der Waals surface area contributed by atoms with Gasteiger partial charge >= 0.3 is 0 Å². The lowest BCUT2D eigenvalue weighted by Gasteiger charge is -2.25. The number of nitrogens with one attached hydrogen (secondary N) is 1. The summed E-state index contributed by atoms with van der Waals surface area (Å²) in [4.78, 5) is 12.0. The second-order valence-corrected chi connectivity index (χ2v) is 6.24. The third kappa shape index (κ3) is 4.91. The number of aliphatic hydroxyl groups is 1. The lowest BCUT2D eigenvalue weighted by molar-refractivity contribution is -0.126. The summed E-state index contributed by atoms with van der Waals surface area (Å²) in [6, 6.07) is 4.72. The van der Waals surface area contributed by atoms with Crippen LogP contribution in [0.3, 0.4) is 0 Å². The minimum absolute atomic E-state index is 0.118. The van der Waals surface area contributed by atoms with Crippen molar-refractivity contribution < 1.29 is 14.3 Å². The molecule has 1 unspecified atom stereocenters. The molecule has 0 spiro atoms. The van der Waals surface area contributed by atoms with E-state index in [9.17, 15) is 9.18 Å². The molecule has 0 aliphatic heterocycles. The van der Waals surface area contributed by atoms with Crippen molar-refractivity contribution in [2.45, 2.75) is 32.7 Å². The molecule has 1 aromatic rings. The van der Waals surface area contributed by atoms with Crippen molar-refractivity contribution >= 4 is 21.8 Å². The Balaban J connectivity index is 2.66. The Hall–Kier alpha value is -0.940. The van der Waals surface area contributed by atoms with Crippen LogP contribution in [0.2, 0.25) is 0 Å². The number of hydrogen-bond acceptors (Lipinski definition) is 2. The molecule has 0 saturated carbocycles. The van der Waals surface area contributed by atoms with Gasteiger partial charge in [-0.25, -0.2) is 4.39 Å². The second-order valence-electron chi connectivity index (χ2n) is 5.38. The summed E-state index contributed by atoms with van der Waals surface area (Å²) in [7, 11) is 0. The van der Waals surface area contributed by atoms with Crippen LogP contribution in [0.1, 0.15) is 26.3 Å². The summed E-state index contributed by atoms with van der Waals surface area (Å²) in [6.07, 6.45) is 0.520. The van der Waals surface area contributed by atoms with Crippen LogP contribution in [0.5, 0.6) is 0 Å². The Morgan fingerprint density at radius 1 is 1.53 bits per heavy atom. The number of carbonyl (C=O) groups excluding carboxylic acids is 1. The predicted molar refractivity (Wildman–Crippen MR) is 76.3 cm³/mol. The number of aliphatic hydroxyl groups excluding tert-OH is 1. The SMILES string of the molecule is CC(Cc1ccc(F)c(Br)c1)C(=O)NC(C)(C)CO. The fourth-order valence-corrected chi connectivity index (χ4v) is 2.04. The van der Waals surface area contributed by atoms with Crippen LogP contribution >= 0.6 is 15.9 Å². The molecule has 0 aromatic heterocycles. The number of halogens is 2. The third-order valence-corrected chi connectivity index (χ3v) is 3.44. The van der Waals surface area contributed by atoms with Gasteiger partial charge in [0.2, 0.25) is 5.91 Å². The zero-order chi connectivity index (χ0) is 14.6. The van der Waals surface area contributed by atoms with Gasteiger partial charge in [-0.15, -0.1) is 0 Å². The van der Waals surface area contributed by atoms with E-state index in [1.54, 1.807) is 32.9 Å². The van der Waals surface area contributed by atoms with Gasteiger partial charge in [0.05, 0.1) is 16.6 Å². The molecule has 0 heterocycles. The maximum absolute atomic E-state index is 13.1. The molecule has 2 N–H and O–H groups in total. The van der Waals surface area contributed by atoms with Crippen LogP contribution in [0, 0.1) is 11.7 Å². The molecule has 0 radical (unpaired) electrons. The number of benzene rings is 1. The van der Waals surface area contributed by atoms with Crippen LogP contribution in [0.25, 0.3) is 0 Å². The second kappa shape index (κ2) is 6.48. The Kier molecular flexibility index (Phi) is 5.50. The molecule has 0 bridgehead atoms. The number of hydrogen-bond donors (Lipinski definition) is 2. The van der Waals surface area contributed by atoms with Crippen molar-refractivity contribution in [3.05, 3.63) is 34.1 Å². The molecule has 3 nitrogen and oxygen atoms in total. The van der Waals surface area contributed by atoms with Crippen LogP contribution in [-0.2, 0) is 11.2 Å². The molecular weight excluding hydrogens is 313 g/mol. The fraction of sp³-hybridized carbons (Fsp3) is 0.500. The molecule has 1 aromatic carbocycles. The molecule has 0 saturated heterocycles. The first-order chi connectivity index (χ1) is 8.75. The zero-order valence-electron chi connectivity index (χ0n) is 11.3. The van der Waals surface area contributed by atoms with E-state index in [0.717, 1.165) is 5.56 Å². The quantitative estimate of drug-likeness (QED) is 0.871. The van der Waals surface area contributed by atoms with E-state index in [4.69, 9.17) is 5.11 Å². The van der Waals surface area contributed by atoms with E-state index in [1.165, 1.54) is 6.07 Å². The molecular formula is C14H19BrFNO2. The Labute approximate surface area is 121 Å². The number of rotatable bonds is 5. The first-order valence-corrected chi connectivity index (χ1v) is 6.91. The van der Waals surface area contributed by atoms with Crippen LogP contribution < -0.4 is 5.32 Å². The van der Waals surface area contributed by atoms with E-state index >= 15 is 0 Å². The molecule has 1 amide bonds. The first kappa shape index (κ1) is 16.1. The van der Waals surface area contributed by atoms with Crippen molar-refractivity contribution in [1.29, 1.82) is 0 Å². The highest BCUT2D eigenvalue weighted by Gasteiger charge is 2.22. The van der Waals surface area contributed by atoms with Gasteiger partial charge in [0.15, 0.2) is 0 Å². The van der Waals surface area contributed by atoms with E-state index in [2.05, 4.69) is 21.2 Å². The molecule has 0 aliphatic carbocycles. The molecule has 5 heteroatoms. The van der Waals surface area contributed by atoms with Crippen molar-refractivity contribution in [3.63, 3.8) is 0 Å². The van der Waals surface area contributed by atoms with E-state index in [0.29, 0.717) is 10.9 Å². The van der Waals surface area contributed by atoms with Gasteiger partial charge in [-0.05, 0) is 53.9 Å². The molecule has 1 rings (SSSR count). The smallest absolute Gasteiger partial charge is 0.223 e. The van der Waals surface area contributed by atoms with Crippen molar-refractivity contribution in [2.24, 2.45) is 5.92 Å². The summed E-state index contributed by atoms with van der Waals surface area (Å²) < 4.78 is 13.5. The average Bonchev–Trinajstić information content (AvgIpc) is 2.33. The zero-order valence-corrected chi connectivity index (χ0v) is 12.9. The van der Waals surface area contributed by atoms with E-state index < -0.39 is 5.54 Å². The summed E-state index contributed by atoms with van der Waals surface area (Å²) in [6.45, 7) is 5.20. The van der Waals surface area contributed by atoms with Gasteiger partial charge in [0, 0.05) is 5.92 Å². The monoisotopic (exact) mass is 331 g/mol. The highest BCUT2D eigenvalue weighted by Crippen LogP contribution is 2.19. The number of carbonyl (C=O) groups is 1. The predicted octanol–water partition coefficient (Wildman–Crippen LogP) is 2.65. The average molecular weight is 332 g/mol. The van der Waals surface area contributed by atoms with Gasteiger partial charge in [0.25, 0.3) is 0 Å². The van der Waals surface area contributed by atoms with Gasteiger partial charge in [-0.2, -0.15) is 0 Å². The highest BCUT2D eigenvalue weighted by molar-refractivity contribution is 9.10. The minimum Gasteiger partial charge on any atom is -0.394 e. The lowest BCUT2D eigenvalue weighted by Crippen LogP contribution is -2.48. The molecule has 0 aliphatic rings. The fourth-order valence-electron chi connectivity index (χ4n) is 1.61. The number of amides is 1. The van der Waals surface area contributed by atoms with Crippen LogP contribution in [0.4, 0.5) is 4.39 Å². The van der Waals surface area contributed by atoms with Crippen LogP contribution in [0.15, 0.2) is 22.7 Å².